The van der Waals surface area contributed by atoms with E-state index in [1.807, 2.05) is 0 Å². The highest BCUT2D eigenvalue weighted by atomic mass is 16.5. The van der Waals surface area contributed by atoms with Crippen LogP contribution in [0, 0.1) is 10.8 Å². The van der Waals surface area contributed by atoms with Gasteiger partial charge in [0.15, 0.2) is 0 Å². The van der Waals surface area contributed by atoms with Gasteiger partial charge in [0.2, 0.25) is 5.91 Å². The van der Waals surface area contributed by atoms with Crippen LogP contribution in [0.3, 0.4) is 0 Å². The highest BCUT2D eigenvalue weighted by Gasteiger charge is 2.49. The number of methoxy groups -OCH3 is 1. The molecule has 5 nitrogen and oxygen atoms in total. The van der Waals surface area contributed by atoms with Crippen molar-refractivity contribution >= 4 is 11.9 Å². The average molecular weight is 243 g/mol. The van der Waals surface area contributed by atoms with E-state index >= 15 is 0 Å². The van der Waals surface area contributed by atoms with Crippen molar-refractivity contribution in [2.24, 2.45) is 10.8 Å². The summed E-state index contributed by atoms with van der Waals surface area (Å²) >= 11 is 0. The van der Waals surface area contributed by atoms with Crippen molar-refractivity contribution in [1.82, 2.24) is 5.32 Å². The molecule has 1 aliphatic carbocycles. The van der Waals surface area contributed by atoms with Gasteiger partial charge in [0, 0.05) is 20.3 Å². The molecule has 1 saturated carbocycles. The van der Waals surface area contributed by atoms with E-state index in [1.54, 1.807) is 21.0 Å². The molecule has 5 heteroatoms. The van der Waals surface area contributed by atoms with Crippen LogP contribution in [0.5, 0.6) is 0 Å². The van der Waals surface area contributed by atoms with Gasteiger partial charge < -0.3 is 15.2 Å². The van der Waals surface area contributed by atoms with E-state index in [0.29, 0.717) is 13.0 Å². The van der Waals surface area contributed by atoms with Gasteiger partial charge in [-0.1, -0.05) is 0 Å². The fourth-order valence-electron chi connectivity index (χ4n) is 1.60. The number of rotatable bonds is 7. The number of carboxylic acid groups (broad SMARTS) is 1. The second-order valence-corrected chi connectivity index (χ2v) is 5.39. The Hall–Kier alpha value is -1.10. The SMILES string of the molecule is COCCC1(C(=O)NCC(C)(C)C(=O)O)CC1. The van der Waals surface area contributed by atoms with E-state index in [4.69, 9.17) is 9.84 Å². The average Bonchev–Trinajstić information content (AvgIpc) is 3.04. The van der Waals surface area contributed by atoms with Crippen LogP contribution in [0.25, 0.3) is 0 Å². The van der Waals surface area contributed by atoms with E-state index in [9.17, 15) is 9.59 Å². The maximum Gasteiger partial charge on any atom is 0.310 e. The molecule has 0 bridgehead atoms. The first-order valence-electron chi connectivity index (χ1n) is 5.85. The minimum Gasteiger partial charge on any atom is -0.481 e. The molecule has 0 unspecified atom stereocenters. The molecule has 0 aromatic heterocycles. The van der Waals surface area contributed by atoms with Gasteiger partial charge >= 0.3 is 5.97 Å². The Morgan fingerprint density at radius 1 is 1.41 bits per heavy atom. The van der Waals surface area contributed by atoms with Crippen LogP contribution >= 0.6 is 0 Å². The second-order valence-electron chi connectivity index (χ2n) is 5.39. The number of aliphatic carboxylic acids is 1. The number of hydrogen-bond acceptors (Lipinski definition) is 3. The largest absolute Gasteiger partial charge is 0.481 e. The van der Waals surface area contributed by atoms with Crippen molar-refractivity contribution in [1.29, 1.82) is 0 Å². The van der Waals surface area contributed by atoms with Crippen LogP contribution in [0.2, 0.25) is 0 Å². The molecular weight excluding hydrogens is 222 g/mol. The minimum absolute atomic E-state index is 0.0381. The molecule has 1 aliphatic rings. The maximum atomic E-state index is 11.9. The molecule has 1 rings (SSSR count). The van der Waals surface area contributed by atoms with Gasteiger partial charge in [-0.05, 0) is 33.1 Å². The topological polar surface area (TPSA) is 75.6 Å². The molecule has 98 valence electrons. The summed E-state index contributed by atoms with van der Waals surface area (Å²) in [7, 11) is 1.61. The molecule has 0 aromatic rings. The third-order valence-corrected chi connectivity index (χ3v) is 3.39. The van der Waals surface area contributed by atoms with Crippen molar-refractivity contribution < 1.29 is 19.4 Å². The molecule has 0 saturated heterocycles. The van der Waals surface area contributed by atoms with Gasteiger partial charge in [0.05, 0.1) is 10.8 Å². The fraction of sp³-hybridized carbons (Fsp3) is 0.833. The van der Waals surface area contributed by atoms with Gasteiger partial charge in [-0.15, -0.1) is 0 Å². The Morgan fingerprint density at radius 2 is 2.00 bits per heavy atom. The Balaban J connectivity index is 2.42. The first kappa shape index (κ1) is 14.0. The molecule has 2 N–H and O–H groups in total. The Morgan fingerprint density at radius 3 is 2.41 bits per heavy atom. The van der Waals surface area contributed by atoms with Crippen LogP contribution < -0.4 is 5.32 Å². The van der Waals surface area contributed by atoms with Gasteiger partial charge in [0.1, 0.15) is 0 Å². The first-order chi connectivity index (χ1) is 7.84. The lowest BCUT2D eigenvalue weighted by atomic mass is 9.93. The number of hydrogen-bond donors (Lipinski definition) is 2. The van der Waals surface area contributed by atoms with E-state index in [2.05, 4.69) is 5.32 Å². The molecule has 0 aliphatic heterocycles. The third-order valence-electron chi connectivity index (χ3n) is 3.39. The van der Waals surface area contributed by atoms with Gasteiger partial charge in [-0.2, -0.15) is 0 Å². The molecule has 1 amide bonds. The number of nitrogens with one attached hydrogen (secondary N) is 1. The summed E-state index contributed by atoms with van der Waals surface area (Å²) in [5.41, 5.74) is -1.22. The van der Waals surface area contributed by atoms with Crippen molar-refractivity contribution in [3.05, 3.63) is 0 Å². The van der Waals surface area contributed by atoms with Crippen LogP contribution in [-0.2, 0) is 14.3 Å². The predicted molar refractivity (Wildman–Crippen MR) is 62.6 cm³/mol. The fourth-order valence-corrected chi connectivity index (χ4v) is 1.60. The maximum absolute atomic E-state index is 11.9. The standard InChI is InChI=1S/C12H21NO4/c1-11(2,10(15)16)8-13-9(14)12(4-5-12)6-7-17-3/h4-8H2,1-3H3,(H,13,14)(H,15,16). The summed E-state index contributed by atoms with van der Waals surface area (Å²) < 4.78 is 4.98. The first-order valence-corrected chi connectivity index (χ1v) is 5.85. The van der Waals surface area contributed by atoms with Gasteiger partial charge in [-0.3, -0.25) is 9.59 Å². The van der Waals surface area contributed by atoms with Gasteiger partial charge in [0.25, 0.3) is 0 Å². The zero-order valence-corrected chi connectivity index (χ0v) is 10.7. The van der Waals surface area contributed by atoms with Crippen molar-refractivity contribution in [2.75, 3.05) is 20.3 Å². The highest BCUT2D eigenvalue weighted by molar-refractivity contribution is 5.86. The third kappa shape index (κ3) is 3.43. The Bertz CT molecular complexity index is 308. The number of carbonyl (C=O) groups excluding carboxylic acids is 1. The molecule has 0 aromatic carbocycles. The lowest BCUT2D eigenvalue weighted by Crippen LogP contribution is -2.42. The number of carboxylic acids is 1. The van der Waals surface area contributed by atoms with Crippen molar-refractivity contribution in [3.8, 4) is 0 Å². The summed E-state index contributed by atoms with van der Waals surface area (Å²) in [5.74, 6) is -0.941. The quantitative estimate of drug-likeness (QED) is 0.700. The monoisotopic (exact) mass is 243 g/mol. The van der Waals surface area contributed by atoms with Crippen LogP contribution in [0.1, 0.15) is 33.1 Å². The van der Waals surface area contributed by atoms with Gasteiger partial charge in [-0.25, -0.2) is 0 Å². The van der Waals surface area contributed by atoms with Crippen molar-refractivity contribution in [2.45, 2.75) is 33.1 Å². The summed E-state index contributed by atoms with van der Waals surface area (Å²) in [5, 5.41) is 11.7. The summed E-state index contributed by atoms with van der Waals surface area (Å²) in [4.78, 5) is 22.8. The zero-order chi connectivity index (χ0) is 13.1. The number of carbonyl (C=O) groups is 2. The molecular formula is C12H21NO4. The molecule has 0 atom stereocenters. The molecule has 17 heavy (non-hydrogen) atoms. The molecule has 0 spiro atoms. The lowest BCUT2D eigenvalue weighted by Gasteiger charge is -2.22. The molecule has 0 radical (unpaired) electrons. The van der Waals surface area contributed by atoms with E-state index in [0.717, 1.165) is 12.8 Å². The normalized spacial score (nSPS) is 17.6. The highest BCUT2D eigenvalue weighted by Crippen LogP contribution is 2.49. The van der Waals surface area contributed by atoms with Crippen LogP contribution in [-0.4, -0.2) is 37.2 Å². The summed E-state index contributed by atoms with van der Waals surface area (Å²) in [6.07, 6.45) is 2.45. The lowest BCUT2D eigenvalue weighted by molar-refractivity contribution is -0.147. The van der Waals surface area contributed by atoms with E-state index < -0.39 is 11.4 Å². The van der Waals surface area contributed by atoms with Crippen molar-refractivity contribution in [3.63, 3.8) is 0 Å². The van der Waals surface area contributed by atoms with Crippen LogP contribution in [0.15, 0.2) is 0 Å². The van der Waals surface area contributed by atoms with Crippen LogP contribution in [0.4, 0.5) is 0 Å². The summed E-state index contributed by atoms with van der Waals surface area (Å²) in [6.45, 7) is 3.93. The Labute approximate surface area is 102 Å². The number of ether oxygens (including phenoxy) is 1. The predicted octanol–water partition coefficient (Wildman–Crippen LogP) is 1.03. The minimum atomic E-state index is -0.924. The van der Waals surface area contributed by atoms with E-state index in [1.165, 1.54) is 0 Å². The van der Waals surface area contributed by atoms with E-state index in [-0.39, 0.29) is 17.9 Å². The Kier molecular flexibility index (Phi) is 4.14. The molecule has 0 heterocycles. The smallest absolute Gasteiger partial charge is 0.310 e. The zero-order valence-electron chi connectivity index (χ0n) is 10.7. The molecule has 1 fully saturated rings. The summed E-state index contributed by atoms with van der Waals surface area (Å²) in [6, 6.07) is 0. The second kappa shape index (κ2) is 5.04. The number of amides is 1.